The molecule has 0 aliphatic carbocycles. The van der Waals surface area contributed by atoms with Gasteiger partial charge >= 0.3 is 0 Å². The Kier molecular flexibility index (Phi) is 4.34. The molecule has 5 heteroatoms. The highest BCUT2D eigenvalue weighted by atomic mass is 35.5. The van der Waals surface area contributed by atoms with Crippen LogP contribution in [0.2, 0.25) is 10.0 Å². The first-order valence-corrected chi connectivity index (χ1v) is 7.47. The molecule has 1 saturated heterocycles. The highest BCUT2D eigenvalue weighted by Gasteiger charge is 2.30. The number of nitrogens with one attached hydrogen (secondary N) is 1. The van der Waals surface area contributed by atoms with Crippen LogP contribution in [-0.4, -0.2) is 13.1 Å². The Morgan fingerprint density at radius 2 is 1.95 bits per heavy atom. The predicted molar refractivity (Wildman–Crippen MR) is 82.6 cm³/mol. The van der Waals surface area contributed by atoms with E-state index in [1.165, 1.54) is 6.07 Å². The Morgan fingerprint density at radius 1 is 1.14 bits per heavy atom. The average molecular weight is 326 g/mol. The summed E-state index contributed by atoms with van der Waals surface area (Å²) in [4.78, 5) is 0. The molecule has 1 N–H and O–H groups in total. The van der Waals surface area contributed by atoms with Crippen molar-refractivity contribution in [1.29, 1.82) is 0 Å². The van der Waals surface area contributed by atoms with E-state index in [2.05, 4.69) is 5.32 Å². The van der Waals surface area contributed by atoms with E-state index in [4.69, 9.17) is 27.9 Å². The first-order chi connectivity index (χ1) is 10.1. The molecule has 0 unspecified atom stereocenters. The summed E-state index contributed by atoms with van der Waals surface area (Å²) in [6.45, 7) is 1.69. The molecule has 1 aliphatic heterocycles. The van der Waals surface area contributed by atoms with Crippen LogP contribution in [0, 0.1) is 11.7 Å². The molecule has 0 amide bonds. The molecule has 0 aromatic heterocycles. The normalized spacial score (nSPS) is 16.3. The highest BCUT2D eigenvalue weighted by Crippen LogP contribution is 2.33. The molecule has 2 aromatic rings. The Labute approximate surface area is 132 Å². The van der Waals surface area contributed by atoms with Gasteiger partial charge in [0.1, 0.15) is 17.7 Å². The molecule has 1 aliphatic rings. The molecule has 0 radical (unpaired) electrons. The van der Waals surface area contributed by atoms with E-state index in [-0.39, 0.29) is 11.1 Å². The molecular weight excluding hydrogens is 312 g/mol. The van der Waals surface area contributed by atoms with Gasteiger partial charge in [0.05, 0.1) is 5.02 Å². The molecule has 0 spiro atoms. The van der Waals surface area contributed by atoms with Crippen molar-refractivity contribution < 1.29 is 9.13 Å². The first kappa shape index (κ1) is 14.6. The van der Waals surface area contributed by atoms with E-state index in [1.807, 2.05) is 12.1 Å². The fourth-order valence-corrected chi connectivity index (χ4v) is 2.64. The maximum absolute atomic E-state index is 13.7. The largest absolute Gasteiger partial charge is 0.485 e. The number of halogens is 3. The van der Waals surface area contributed by atoms with Crippen LogP contribution in [0.15, 0.2) is 42.5 Å². The quantitative estimate of drug-likeness (QED) is 0.895. The lowest BCUT2D eigenvalue weighted by molar-refractivity contribution is 0.0990. The molecule has 21 heavy (non-hydrogen) atoms. The van der Waals surface area contributed by atoms with E-state index < -0.39 is 5.82 Å². The third-order valence-electron chi connectivity index (χ3n) is 3.57. The topological polar surface area (TPSA) is 21.3 Å². The fraction of sp³-hybridized carbons (Fsp3) is 0.250. The molecule has 0 saturated carbocycles. The number of hydrogen-bond donors (Lipinski definition) is 1. The molecule has 2 nitrogen and oxygen atoms in total. The van der Waals surface area contributed by atoms with Gasteiger partial charge in [0.25, 0.3) is 0 Å². The van der Waals surface area contributed by atoms with Crippen molar-refractivity contribution >= 4 is 23.2 Å². The van der Waals surface area contributed by atoms with Crippen LogP contribution < -0.4 is 10.1 Å². The molecule has 3 rings (SSSR count). The van der Waals surface area contributed by atoms with Crippen molar-refractivity contribution in [3.05, 3.63) is 63.9 Å². The van der Waals surface area contributed by atoms with Gasteiger partial charge in [0.15, 0.2) is 0 Å². The van der Waals surface area contributed by atoms with Gasteiger partial charge < -0.3 is 10.1 Å². The summed E-state index contributed by atoms with van der Waals surface area (Å²) in [6.07, 6.45) is -0.225. The minimum Gasteiger partial charge on any atom is -0.485 e. The van der Waals surface area contributed by atoms with E-state index >= 15 is 0 Å². The molecule has 1 atom stereocenters. The maximum atomic E-state index is 13.7. The van der Waals surface area contributed by atoms with E-state index in [9.17, 15) is 4.39 Å². The number of hydrogen-bond acceptors (Lipinski definition) is 2. The second-order valence-corrected chi connectivity index (χ2v) is 5.93. The van der Waals surface area contributed by atoms with Crippen molar-refractivity contribution in [3.63, 3.8) is 0 Å². The van der Waals surface area contributed by atoms with Crippen LogP contribution in [0.5, 0.6) is 5.75 Å². The van der Waals surface area contributed by atoms with Gasteiger partial charge in [-0.2, -0.15) is 0 Å². The van der Waals surface area contributed by atoms with Crippen LogP contribution in [0.1, 0.15) is 11.7 Å². The van der Waals surface area contributed by atoms with Crippen molar-refractivity contribution in [2.24, 2.45) is 5.92 Å². The third kappa shape index (κ3) is 3.31. The van der Waals surface area contributed by atoms with E-state index in [0.29, 0.717) is 16.7 Å². The van der Waals surface area contributed by atoms with Gasteiger partial charge in [-0.15, -0.1) is 0 Å². The van der Waals surface area contributed by atoms with Gasteiger partial charge in [-0.25, -0.2) is 4.39 Å². The lowest BCUT2D eigenvalue weighted by atomic mass is 9.90. The van der Waals surface area contributed by atoms with Gasteiger partial charge in [0, 0.05) is 24.0 Å². The first-order valence-electron chi connectivity index (χ1n) is 6.71. The Balaban J connectivity index is 1.88. The number of ether oxygens (including phenoxy) is 1. The second-order valence-electron chi connectivity index (χ2n) is 5.09. The van der Waals surface area contributed by atoms with Crippen LogP contribution >= 0.6 is 23.2 Å². The van der Waals surface area contributed by atoms with Crippen LogP contribution in [-0.2, 0) is 0 Å². The summed E-state index contributed by atoms with van der Waals surface area (Å²) >= 11 is 11.7. The molecule has 1 heterocycles. The summed E-state index contributed by atoms with van der Waals surface area (Å²) in [5, 5.41) is 3.94. The Bertz CT molecular complexity index is 646. The summed E-state index contributed by atoms with van der Waals surface area (Å²) in [7, 11) is 0. The molecule has 110 valence electrons. The maximum Gasteiger partial charge on any atom is 0.142 e. The zero-order valence-corrected chi connectivity index (χ0v) is 12.7. The smallest absolute Gasteiger partial charge is 0.142 e. The average Bonchev–Trinajstić information content (AvgIpc) is 2.39. The summed E-state index contributed by atoms with van der Waals surface area (Å²) in [6, 6.07) is 12.0. The highest BCUT2D eigenvalue weighted by molar-refractivity contribution is 6.31. The third-order valence-corrected chi connectivity index (χ3v) is 4.11. The summed E-state index contributed by atoms with van der Waals surface area (Å²) < 4.78 is 19.7. The van der Waals surface area contributed by atoms with Crippen molar-refractivity contribution in [2.75, 3.05) is 13.1 Å². The van der Waals surface area contributed by atoms with Crippen LogP contribution in [0.4, 0.5) is 4.39 Å². The van der Waals surface area contributed by atoms with Crippen LogP contribution in [0.3, 0.4) is 0 Å². The van der Waals surface area contributed by atoms with Gasteiger partial charge in [-0.3, -0.25) is 0 Å². The Hall–Kier alpha value is -1.29. The SMILES string of the molecule is Fc1cc([C@H](Oc2cccc(Cl)c2)C2CNC2)ccc1Cl. The lowest BCUT2D eigenvalue weighted by Crippen LogP contribution is -2.46. The van der Waals surface area contributed by atoms with Crippen molar-refractivity contribution in [3.8, 4) is 5.75 Å². The lowest BCUT2D eigenvalue weighted by Gasteiger charge is -2.35. The monoisotopic (exact) mass is 325 g/mol. The van der Waals surface area contributed by atoms with Crippen LogP contribution in [0.25, 0.3) is 0 Å². The zero-order chi connectivity index (χ0) is 14.8. The Morgan fingerprint density at radius 3 is 2.57 bits per heavy atom. The van der Waals surface area contributed by atoms with E-state index in [1.54, 1.807) is 24.3 Å². The molecular formula is C16H14Cl2FNO. The number of rotatable bonds is 4. The molecule has 1 fully saturated rings. The van der Waals surface area contributed by atoms with Gasteiger partial charge in [0.2, 0.25) is 0 Å². The summed E-state index contributed by atoms with van der Waals surface area (Å²) in [5.74, 6) is 0.542. The van der Waals surface area contributed by atoms with E-state index in [0.717, 1.165) is 18.7 Å². The molecule has 0 bridgehead atoms. The minimum absolute atomic E-state index is 0.118. The summed E-state index contributed by atoms with van der Waals surface area (Å²) in [5.41, 5.74) is 0.781. The predicted octanol–water partition coefficient (Wildman–Crippen LogP) is 4.47. The molecule has 2 aromatic carbocycles. The number of benzene rings is 2. The standard InChI is InChI=1S/C16H14Cl2FNO/c17-12-2-1-3-13(7-12)21-16(11-8-20-9-11)10-4-5-14(18)15(19)6-10/h1-7,11,16,20H,8-9H2/t16-/m0/s1. The second kappa shape index (κ2) is 6.22. The van der Waals surface area contributed by atoms with Gasteiger partial charge in [-0.05, 0) is 35.9 Å². The van der Waals surface area contributed by atoms with Gasteiger partial charge in [-0.1, -0.05) is 35.3 Å². The van der Waals surface area contributed by atoms with Crippen molar-refractivity contribution in [1.82, 2.24) is 5.32 Å². The zero-order valence-electron chi connectivity index (χ0n) is 11.2. The fourth-order valence-electron chi connectivity index (χ4n) is 2.34. The minimum atomic E-state index is -0.429. The van der Waals surface area contributed by atoms with Crippen molar-refractivity contribution in [2.45, 2.75) is 6.10 Å².